The van der Waals surface area contributed by atoms with Gasteiger partial charge in [0.25, 0.3) is 5.91 Å². The summed E-state index contributed by atoms with van der Waals surface area (Å²) in [6.07, 6.45) is 3.14. The zero-order valence-electron chi connectivity index (χ0n) is 16.1. The smallest absolute Gasteiger partial charge is 0.337 e. The van der Waals surface area contributed by atoms with Crippen LogP contribution in [0.1, 0.15) is 26.3 Å². The minimum atomic E-state index is -0.430. The van der Waals surface area contributed by atoms with Crippen molar-refractivity contribution in [3.63, 3.8) is 0 Å². The molecule has 1 amide bonds. The molecule has 0 saturated heterocycles. The Labute approximate surface area is 168 Å². The minimum absolute atomic E-state index is 0.302. The predicted octanol–water partition coefficient (Wildman–Crippen LogP) is 3.74. The number of hydrogen-bond donors (Lipinski definition) is 2. The number of pyridine rings is 1. The van der Waals surface area contributed by atoms with Gasteiger partial charge in [-0.15, -0.1) is 0 Å². The normalized spacial score (nSPS) is 10.1. The number of methoxy groups -OCH3 is 2. The van der Waals surface area contributed by atoms with Crippen LogP contribution in [0.5, 0.6) is 5.75 Å². The number of carbonyl (C=O) groups excluding carboxylic acids is 2. The number of nitrogens with zero attached hydrogens (tertiary/aromatic N) is 1. The molecule has 148 valence electrons. The fourth-order valence-electron chi connectivity index (χ4n) is 2.72. The van der Waals surface area contributed by atoms with Crippen molar-refractivity contribution in [3.8, 4) is 5.75 Å². The lowest BCUT2D eigenvalue weighted by Crippen LogP contribution is -2.13. The first kappa shape index (κ1) is 19.9. The molecule has 3 rings (SSSR count). The van der Waals surface area contributed by atoms with Gasteiger partial charge in [0.2, 0.25) is 0 Å². The molecule has 0 saturated carbocycles. The van der Waals surface area contributed by atoms with Gasteiger partial charge in [-0.05, 0) is 36.4 Å². The van der Waals surface area contributed by atoms with Crippen LogP contribution in [-0.2, 0) is 11.3 Å². The summed E-state index contributed by atoms with van der Waals surface area (Å²) >= 11 is 0. The molecule has 7 nitrogen and oxygen atoms in total. The van der Waals surface area contributed by atoms with Gasteiger partial charge in [0.1, 0.15) is 5.75 Å². The van der Waals surface area contributed by atoms with Gasteiger partial charge in [-0.3, -0.25) is 9.78 Å². The van der Waals surface area contributed by atoms with Crippen molar-refractivity contribution < 1.29 is 19.1 Å². The number of anilines is 2. The van der Waals surface area contributed by atoms with E-state index >= 15 is 0 Å². The zero-order valence-corrected chi connectivity index (χ0v) is 16.1. The highest BCUT2D eigenvalue weighted by atomic mass is 16.5. The molecule has 0 bridgehead atoms. The molecule has 0 aliphatic carbocycles. The maximum atomic E-state index is 12.5. The van der Waals surface area contributed by atoms with Gasteiger partial charge in [-0.25, -0.2) is 4.79 Å². The van der Waals surface area contributed by atoms with E-state index in [0.29, 0.717) is 29.0 Å². The summed E-state index contributed by atoms with van der Waals surface area (Å²) in [5.74, 6) is 0.0578. The average molecular weight is 391 g/mol. The van der Waals surface area contributed by atoms with Crippen LogP contribution in [0, 0.1) is 0 Å². The van der Waals surface area contributed by atoms with Gasteiger partial charge in [0, 0.05) is 30.2 Å². The molecular weight excluding hydrogens is 370 g/mol. The number of nitrogens with one attached hydrogen (secondary N) is 2. The molecule has 0 aliphatic heterocycles. The van der Waals surface area contributed by atoms with Crippen molar-refractivity contribution >= 4 is 23.3 Å². The Morgan fingerprint density at radius 1 is 0.931 bits per heavy atom. The number of para-hydroxylation sites is 1. The summed E-state index contributed by atoms with van der Waals surface area (Å²) in [4.78, 5) is 28.1. The standard InChI is InChI=1S/C22H21N3O4/c1-28-20-6-4-3-5-16(20)13-24-19-11-17(12-23-14-19)21(26)25-18-9-7-15(8-10-18)22(27)29-2/h3-12,14,24H,13H2,1-2H3,(H,25,26). The maximum absolute atomic E-state index is 12.5. The number of benzene rings is 2. The van der Waals surface area contributed by atoms with Crippen molar-refractivity contribution in [2.75, 3.05) is 24.9 Å². The van der Waals surface area contributed by atoms with E-state index in [2.05, 4.69) is 20.4 Å². The minimum Gasteiger partial charge on any atom is -0.496 e. The van der Waals surface area contributed by atoms with Crippen LogP contribution in [0.4, 0.5) is 11.4 Å². The molecule has 2 aromatic carbocycles. The highest BCUT2D eigenvalue weighted by Crippen LogP contribution is 2.19. The van der Waals surface area contributed by atoms with E-state index in [-0.39, 0.29) is 5.91 Å². The third kappa shape index (κ3) is 5.10. The van der Waals surface area contributed by atoms with Gasteiger partial charge in [-0.1, -0.05) is 18.2 Å². The molecule has 2 N–H and O–H groups in total. The number of aromatic nitrogens is 1. The van der Waals surface area contributed by atoms with Crippen molar-refractivity contribution in [3.05, 3.63) is 83.7 Å². The number of ether oxygens (including phenoxy) is 2. The van der Waals surface area contributed by atoms with E-state index in [1.54, 1.807) is 43.6 Å². The highest BCUT2D eigenvalue weighted by Gasteiger charge is 2.10. The molecule has 1 aromatic heterocycles. The van der Waals surface area contributed by atoms with Gasteiger partial charge < -0.3 is 20.1 Å². The molecule has 0 unspecified atom stereocenters. The first-order valence-electron chi connectivity index (χ1n) is 8.91. The van der Waals surface area contributed by atoms with Crippen molar-refractivity contribution in [1.29, 1.82) is 0 Å². The van der Waals surface area contributed by atoms with Gasteiger partial charge in [0.15, 0.2) is 0 Å². The van der Waals surface area contributed by atoms with E-state index in [4.69, 9.17) is 4.74 Å². The number of carbonyl (C=O) groups is 2. The predicted molar refractivity (Wildman–Crippen MR) is 110 cm³/mol. The number of hydrogen-bond acceptors (Lipinski definition) is 6. The van der Waals surface area contributed by atoms with E-state index < -0.39 is 5.97 Å². The van der Waals surface area contributed by atoms with E-state index in [9.17, 15) is 9.59 Å². The lowest BCUT2D eigenvalue weighted by molar-refractivity contribution is 0.0600. The summed E-state index contributed by atoms with van der Waals surface area (Å²) in [5, 5.41) is 6.03. The number of amides is 1. The summed E-state index contributed by atoms with van der Waals surface area (Å²) in [5.41, 5.74) is 3.09. The van der Waals surface area contributed by atoms with Crippen LogP contribution >= 0.6 is 0 Å². The molecule has 7 heteroatoms. The molecule has 3 aromatic rings. The third-order valence-corrected chi connectivity index (χ3v) is 4.24. The second-order valence-electron chi connectivity index (χ2n) is 6.15. The van der Waals surface area contributed by atoms with Crippen LogP contribution in [0.15, 0.2) is 67.0 Å². The summed E-state index contributed by atoms with van der Waals surface area (Å²) < 4.78 is 10.0. The quantitative estimate of drug-likeness (QED) is 0.597. The third-order valence-electron chi connectivity index (χ3n) is 4.24. The second kappa shape index (κ2) is 9.36. The second-order valence-corrected chi connectivity index (χ2v) is 6.15. The molecule has 0 fully saturated rings. The van der Waals surface area contributed by atoms with E-state index in [1.807, 2.05) is 24.3 Å². The fourth-order valence-corrected chi connectivity index (χ4v) is 2.72. The molecule has 1 heterocycles. The van der Waals surface area contributed by atoms with Gasteiger partial charge in [0.05, 0.1) is 31.0 Å². The molecule has 0 atom stereocenters. The Kier molecular flexibility index (Phi) is 6.42. The topological polar surface area (TPSA) is 89.5 Å². The Morgan fingerprint density at radius 2 is 1.69 bits per heavy atom. The first-order valence-corrected chi connectivity index (χ1v) is 8.91. The van der Waals surface area contributed by atoms with Crippen LogP contribution in [0.25, 0.3) is 0 Å². The van der Waals surface area contributed by atoms with Crippen LogP contribution in [-0.4, -0.2) is 31.1 Å². The van der Waals surface area contributed by atoms with Crippen molar-refractivity contribution in [1.82, 2.24) is 4.98 Å². The van der Waals surface area contributed by atoms with Gasteiger partial charge >= 0.3 is 5.97 Å². The number of rotatable bonds is 7. The SMILES string of the molecule is COC(=O)c1ccc(NC(=O)c2cncc(NCc3ccccc3OC)c2)cc1. The van der Waals surface area contributed by atoms with Gasteiger partial charge in [-0.2, -0.15) is 0 Å². The van der Waals surface area contributed by atoms with Crippen LogP contribution < -0.4 is 15.4 Å². The first-order chi connectivity index (χ1) is 14.1. The van der Waals surface area contributed by atoms with E-state index in [1.165, 1.54) is 13.3 Å². The molecule has 29 heavy (non-hydrogen) atoms. The summed E-state index contributed by atoms with van der Waals surface area (Å²) in [6, 6.07) is 15.9. The lowest BCUT2D eigenvalue weighted by Gasteiger charge is -2.11. The van der Waals surface area contributed by atoms with Crippen LogP contribution in [0.3, 0.4) is 0 Å². The maximum Gasteiger partial charge on any atom is 0.337 e. The highest BCUT2D eigenvalue weighted by molar-refractivity contribution is 6.04. The number of esters is 1. The summed E-state index contributed by atoms with van der Waals surface area (Å²) in [7, 11) is 2.95. The Balaban J connectivity index is 1.65. The molecular formula is C22H21N3O4. The molecule has 0 spiro atoms. The van der Waals surface area contributed by atoms with Crippen molar-refractivity contribution in [2.24, 2.45) is 0 Å². The summed E-state index contributed by atoms with van der Waals surface area (Å²) in [6.45, 7) is 0.533. The average Bonchev–Trinajstić information content (AvgIpc) is 2.78. The monoisotopic (exact) mass is 391 g/mol. The Bertz CT molecular complexity index is 1000. The Morgan fingerprint density at radius 3 is 2.41 bits per heavy atom. The Hall–Kier alpha value is -3.87. The van der Waals surface area contributed by atoms with E-state index in [0.717, 1.165) is 11.3 Å². The van der Waals surface area contributed by atoms with Crippen LogP contribution in [0.2, 0.25) is 0 Å². The largest absolute Gasteiger partial charge is 0.496 e. The fraction of sp³-hybridized carbons (Fsp3) is 0.136. The zero-order chi connectivity index (χ0) is 20.6. The lowest BCUT2D eigenvalue weighted by atomic mass is 10.2. The molecule has 0 radical (unpaired) electrons. The molecule has 0 aliphatic rings. The van der Waals surface area contributed by atoms with Crippen molar-refractivity contribution in [2.45, 2.75) is 6.54 Å².